The number of sulfonamides is 1. The van der Waals surface area contributed by atoms with Crippen LogP contribution in [-0.4, -0.2) is 82.4 Å². The van der Waals surface area contributed by atoms with E-state index in [2.05, 4.69) is 10.4 Å². The Hall–Kier alpha value is -3.10. The third kappa shape index (κ3) is 5.20. The summed E-state index contributed by atoms with van der Waals surface area (Å²) in [4.78, 5) is 39.2. The Balaban J connectivity index is 2.15. The highest BCUT2D eigenvalue weighted by atomic mass is 32.2. The highest BCUT2D eigenvalue weighted by Crippen LogP contribution is 2.37. The van der Waals surface area contributed by atoms with E-state index in [-0.39, 0.29) is 16.3 Å². The molecule has 0 radical (unpaired) electrons. The number of carbonyl (C=O) groups is 3. The van der Waals surface area contributed by atoms with Gasteiger partial charge in [-0.05, 0) is 45.0 Å². The number of amides is 1. The van der Waals surface area contributed by atoms with Gasteiger partial charge in [0.2, 0.25) is 5.54 Å². The van der Waals surface area contributed by atoms with Crippen molar-refractivity contribution in [1.82, 2.24) is 20.0 Å². The molecule has 0 spiro atoms. The van der Waals surface area contributed by atoms with Crippen LogP contribution in [-0.2, 0) is 26.7 Å². The van der Waals surface area contributed by atoms with Crippen LogP contribution in [0, 0.1) is 0 Å². The number of aromatic nitrogens is 2. The molecule has 1 saturated heterocycles. The van der Waals surface area contributed by atoms with Gasteiger partial charge >= 0.3 is 12.1 Å². The van der Waals surface area contributed by atoms with Crippen molar-refractivity contribution < 1.29 is 32.6 Å². The fourth-order valence-electron chi connectivity index (χ4n) is 3.54. The number of ether oxygens (including phenoxy) is 1. The van der Waals surface area contributed by atoms with Gasteiger partial charge in [0, 0.05) is 38.6 Å². The molecule has 0 aliphatic carbocycles. The maximum absolute atomic E-state index is 13.8. The first kappa shape index (κ1) is 27.5. The molecule has 0 unspecified atom stereocenters. The van der Waals surface area contributed by atoms with Gasteiger partial charge in [0.25, 0.3) is 10.0 Å². The molecule has 0 saturated carbocycles. The van der Waals surface area contributed by atoms with Crippen LogP contribution in [0.25, 0.3) is 0 Å². The van der Waals surface area contributed by atoms with Crippen molar-refractivity contribution in [3.63, 3.8) is 0 Å². The van der Waals surface area contributed by atoms with Crippen molar-refractivity contribution in [3.05, 3.63) is 36.7 Å². The topological polar surface area (TPSA) is 151 Å². The maximum Gasteiger partial charge on any atom is 0.414 e. The minimum absolute atomic E-state index is 0.106. The number of anilines is 1. The van der Waals surface area contributed by atoms with E-state index in [1.54, 1.807) is 0 Å². The van der Waals surface area contributed by atoms with Gasteiger partial charge in [-0.1, -0.05) is 0 Å². The Bertz CT molecular complexity index is 1270. The number of carboxylic acid groups (broad SMARTS) is 1. The zero-order valence-electron chi connectivity index (χ0n) is 20.8. The number of nitrogens with one attached hydrogen (secondary N) is 1. The largest absolute Gasteiger partial charge is 0.479 e. The summed E-state index contributed by atoms with van der Waals surface area (Å²) in [5.41, 5.74) is -3.08. The first-order valence-corrected chi connectivity index (χ1v) is 13.3. The van der Waals surface area contributed by atoms with E-state index in [0.717, 1.165) is 13.1 Å². The van der Waals surface area contributed by atoms with Crippen LogP contribution >= 0.6 is 11.8 Å². The lowest BCUT2D eigenvalue weighted by atomic mass is 9.94. The number of hydrogen-bond donors (Lipinski definition) is 2. The molecule has 1 aromatic carbocycles. The van der Waals surface area contributed by atoms with E-state index in [9.17, 15) is 27.9 Å². The second-order valence-corrected chi connectivity index (χ2v) is 12.2. The maximum atomic E-state index is 13.8. The molecule has 36 heavy (non-hydrogen) atoms. The second-order valence-electron chi connectivity index (χ2n) is 9.34. The SMILES string of the molecule is CN(C)C(=O)Oc1ccc(N([C@@](C)(C(=O)O)C(=O)[C@H]2NC(C)(C)CS2)S(=O)(=O)c2cnn(C)c2)cc1. The van der Waals surface area contributed by atoms with E-state index in [1.807, 2.05) is 13.8 Å². The van der Waals surface area contributed by atoms with Crippen molar-refractivity contribution in [2.24, 2.45) is 7.05 Å². The van der Waals surface area contributed by atoms with Crippen LogP contribution in [0.2, 0.25) is 0 Å². The minimum Gasteiger partial charge on any atom is -0.479 e. The van der Waals surface area contributed by atoms with Gasteiger partial charge in [-0.15, -0.1) is 11.8 Å². The summed E-state index contributed by atoms with van der Waals surface area (Å²) in [5, 5.41) is 16.3. The molecular formula is C22H29N5O7S2. The van der Waals surface area contributed by atoms with E-state index in [4.69, 9.17) is 4.74 Å². The lowest BCUT2D eigenvalue weighted by Gasteiger charge is -2.38. The summed E-state index contributed by atoms with van der Waals surface area (Å²) in [6.07, 6.45) is 1.64. The van der Waals surface area contributed by atoms with E-state index >= 15 is 0 Å². The van der Waals surface area contributed by atoms with Crippen LogP contribution in [0.3, 0.4) is 0 Å². The standard InChI is InChI=1S/C22H29N5O7S2/c1-21(2)13-35-18(24-21)17(28)22(3,19(29)30)27(36(32,33)16-11-23-26(6)12-16)14-7-9-15(10-8-14)34-20(31)25(4)5/h7-12,18,24H,13H2,1-6H3,(H,29,30)/t18-,22+/m0/s1. The number of carbonyl (C=O) groups excluding carboxylic acids is 2. The minimum atomic E-state index is -4.59. The summed E-state index contributed by atoms with van der Waals surface area (Å²) in [7, 11) is -0.0811. The van der Waals surface area contributed by atoms with Crippen LogP contribution in [0.4, 0.5) is 10.5 Å². The van der Waals surface area contributed by atoms with Gasteiger partial charge in [0.05, 0.1) is 11.9 Å². The lowest BCUT2D eigenvalue weighted by molar-refractivity contribution is -0.147. The van der Waals surface area contributed by atoms with Crippen molar-refractivity contribution in [3.8, 4) is 5.75 Å². The van der Waals surface area contributed by atoms with Crippen LogP contribution in [0.1, 0.15) is 20.8 Å². The molecule has 0 bridgehead atoms. The fourth-order valence-corrected chi connectivity index (χ4v) is 6.71. The van der Waals surface area contributed by atoms with Gasteiger partial charge in [0.15, 0.2) is 5.78 Å². The quantitative estimate of drug-likeness (QED) is 0.473. The van der Waals surface area contributed by atoms with E-state index < -0.39 is 44.3 Å². The number of aryl methyl sites for hydroxylation is 1. The molecular weight excluding hydrogens is 510 g/mol. The first-order valence-electron chi connectivity index (χ1n) is 10.8. The molecule has 2 aromatic rings. The molecule has 12 nitrogen and oxygen atoms in total. The monoisotopic (exact) mass is 539 g/mol. The molecule has 1 aliphatic heterocycles. The van der Waals surface area contributed by atoms with Crippen molar-refractivity contribution in [2.45, 2.75) is 42.1 Å². The van der Waals surface area contributed by atoms with Gasteiger partial charge < -0.3 is 14.7 Å². The molecule has 14 heteroatoms. The molecule has 2 heterocycles. The molecule has 2 N–H and O–H groups in total. The summed E-state index contributed by atoms with van der Waals surface area (Å²) >= 11 is 1.21. The summed E-state index contributed by atoms with van der Waals surface area (Å²) < 4.78 is 34.7. The predicted octanol–water partition coefficient (Wildman–Crippen LogP) is 1.53. The molecule has 1 aromatic heterocycles. The van der Waals surface area contributed by atoms with Crippen LogP contribution in [0.15, 0.2) is 41.6 Å². The molecule has 1 fully saturated rings. The molecule has 1 aliphatic rings. The first-order chi connectivity index (χ1) is 16.6. The number of aliphatic carboxylic acids is 1. The smallest absolute Gasteiger partial charge is 0.414 e. The zero-order chi connectivity index (χ0) is 27.1. The third-order valence-corrected chi connectivity index (χ3v) is 8.95. The van der Waals surface area contributed by atoms with Crippen molar-refractivity contribution in [1.29, 1.82) is 0 Å². The molecule has 3 rings (SSSR count). The van der Waals surface area contributed by atoms with Crippen LogP contribution in [0.5, 0.6) is 5.75 Å². The number of rotatable bonds is 8. The van der Waals surface area contributed by atoms with Crippen molar-refractivity contribution >= 4 is 45.3 Å². The second kappa shape index (κ2) is 9.75. The summed E-state index contributed by atoms with van der Waals surface area (Å²) in [6.45, 7) is 4.80. The highest BCUT2D eigenvalue weighted by molar-refractivity contribution is 8.01. The number of Topliss-reactive ketones (excluding diaryl/α,β-unsaturated/α-hetero) is 1. The van der Waals surface area contributed by atoms with Gasteiger partial charge in [-0.3, -0.25) is 14.8 Å². The Morgan fingerprint density at radius 2 is 1.86 bits per heavy atom. The number of nitrogens with zero attached hydrogens (tertiary/aromatic N) is 4. The zero-order valence-corrected chi connectivity index (χ0v) is 22.4. The molecule has 2 atom stereocenters. The number of thioether (sulfide) groups is 1. The Labute approximate surface area is 213 Å². The highest BCUT2D eigenvalue weighted by Gasteiger charge is 2.56. The Kier molecular flexibility index (Phi) is 7.44. The fraction of sp³-hybridized carbons (Fsp3) is 0.455. The van der Waals surface area contributed by atoms with Gasteiger partial charge in [-0.2, -0.15) is 5.10 Å². The average Bonchev–Trinajstić information content (AvgIpc) is 3.39. The normalized spacial score (nSPS) is 18.8. The summed E-state index contributed by atoms with van der Waals surface area (Å²) in [5.74, 6) is -1.84. The Morgan fingerprint density at radius 3 is 2.31 bits per heavy atom. The molecule has 196 valence electrons. The van der Waals surface area contributed by atoms with Crippen molar-refractivity contribution in [2.75, 3.05) is 24.2 Å². The number of ketones is 1. The molecule has 1 amide bonds. The van der Waals surface area contributed by atoms with E-state index in [0.29, 0.717) is 10.1 Å². The van der Waals surface area contributed by atoms with Gasteiger partial charge in [-0.25, -0.2) is 22.3 Å². The van der Waals surface area contributed by atoms with E-state index in [1.165, 1.54) is 72.9 Å². The predicted molar refractivity (Wildman–Crippen MR) is 134 cm³/mol. The number of hydrogen-bond acceptors (Lipinski definition) is 9. The Morgan fingerprint density at radius 1 is 1.25 bits per heavy atom. The summed E-state index contributed by atoms with van der Waals surface area (Å²) in [6, 6.07) is 5.20. The van der Waals surface area contributed by atoms with Crippen LogP contribution < -0.4 is 14.4 Å². The third-order valence-electron chi connectivity index (χ3n) is 5.53. The average molecular weight is 540 g/mol. The number of carboxylic acids is 1. The van der Waals surface area contributed by atoms with Gasteiger partial charge in [0.1, 0.15) is 16.0 Å². The lowest BCUT2D eigenvalue weighted by Crippen LogP contribution is -2.64. The number of benzene rings is 1.